The van der Waals surface area contributed by atoms with Crippen molar-refractivity contribution in [1.29, 1.82) is 0 Å². The maximum atomic E-state index is 5.84. The van der Waals surface area contributed by atoms with Crippen molar-refractivity contribution in [2.24, 2.45) is 17.3 Å². The van der Waals surface area contributed by atoms with Crippen LogP contribution in [0.1, 0.15) is 64.7 Å². The van der Waals surface area contributed by atoms with Crippen LogP contribution in [0.3, 0.4) is 0 Å². The van der Waals surface area contributed by atoms with E-state index in [0.29, 0.717) is 11.5 Å². The lowest BCUT2D eigenvalue weighted by atomic mass is 9.69. The highest BCUT2D eigenvalue weighted by Crippen LogP contribution is 2.58. The summed E-state index contributed by atoms with van der Waals surface area (Å²) in [5, 5.41) is 3.74. The average Bonchev–Trinajstić information content (AvgIpc) is 3.14. The Morgan fingerprint density at radius 2 is 2.21 bits per heavy atom. The molecule has 1 saturated heterocycles. The van der Waals surface area contributed by atoms with E-state index in [-0.39, 0.29) is 0 Å². The molecule has 1 heterocycles. The first-order valence-corrected chi connectivity index (χ1v) is 8.65. The monoisotopic (exact) mass is 265 g/mol. The van der Waals surface area contributed by atoms with E-state index in [0.717, 1.165) is 18.4 Å². The van der Waals surface area contributed by atoms with Gasteiger partial charge in [-0.1, -0.05) is 13.3 Å². The van der Waals surface area contributed by atoms with Crippen LogP contribution in [-0.4, -0.2) is 25.8 Å². The van der Waals surface area contributed by atoms with Gasteiger partial charge in [0, 0.05) is 13.2 Å². The molecule has 4 unspecified atom stereocenters. The summed E-state index contributed by atoms with van der Waals surface area (Å²) >= 11 is 0. The van der Waals surface area contributed by atoms with Gasteiger partial charge in [0.15, 0.2) is 0 Å². The van der Waals surface area contributed by atoms with Gasteiger partial charge in [-0.3, -0.25) is 0 Å². The maximum Gasteiger partial charge on any atom is 0.0576 e. The summed E-state index contributed by atoms with van der Waals surface area (Å²) in [7, 11) is 0. The smallest absolute Gasteiger partial charge is 0.0576 e. The third kappa shape index (κ3) is 3.00. The van der Waals surface area contributed by atoms with Crippen molar-refractivity contribution < 1.29 is 4.74 Å². The molecule has 4 atom stereocenters. The van der Waals surface area contributed by atoms with Crippen LogP contribution in [-0.2, 0) is 4.74 Å². The van der Waals surface area contributed by atoms with Gasteiger partial charge in [0.25, 0.3) is 0 Å². The van der Waals surface area contributed by atoms with Crippen molar-refractivity contribution in [3.63, 3.8) is 0 Å². The summed E-state index contributed by atoms with van der Waals surface area (Å²) < 4.78 is 5.84. The van der Waals surface area contributed by atoms with Crippen molar-refractivity contribution in [2.45, 2.75) is 70.8 Å². The summed E-state index contributed by atoms with van der Waals surface area (Å²) in [4.78, 5) is 0. The molecule has 19 heavy (non-hydrogen) atoms. The molecule has 3 rings (SSSR count). The fraction of sp³-hybridized carbons (Fsp3) is 1.00. The van der Waals surface area contributed by atoms with Crippen LogP contribution >= 0.6 is 0 Å². The topological polar surface area (TPSA) is 21.3 Å². The minimum Gasteiger partial charge on any atom is -0.378 e. The predicted molar refractivity (Wildman–Crippen MR) is 79.2 cm³/mol. The van der Waals surface area contributed by atoms with Crippen molar-refractivity contribution in [3.8, 4) is 0 Å². The lowest BCUT2D eigenvalue weighted by Gasteiger charge is -2.39. The molecular weight excluding hydrogens is 234 g/mol. The molecular formula is C17H31NO. The average molecular weight is 265 g/mol. The highest BCUT2D eigenvalue weighted by molar-refractivity contribution is 5.01. The normalized spacial score (nSPS) is 41.2. The molecule has 3 aliphatic rings. The Bertz CT molecular complexity index is 287. The van der Waals surface area contributed by atoms with Gasteiger partial charge in [-0.15, -0.1) is 0 Å². The highest BCUT2D eigenvalue weighted by atomic mass is 16.5. The summed E-state index contributed by atoms with van der Waals surface area (Å²) in [5.41, 5.74) is 0.629. The number of nitrogens with one attached hydrogen (secondary N) is 1. The van der Waals surface area contributed by atoms with Gasteiger partial charge >= 0.3 is 0 Å². The Hall–Kier alpha value is -0.0800. The molecule has 1 aliphatic heterocycles. The van der Waals surface area contributed by atoms with Crippen LogP contribution in [0, 0.1) is 17.3 Å². The fourth-order valence-corrected chi connectivity index (χ4v) is 5.00. The van der Waals surface area contributed by atoms with E-state index >= 15 is 0 Å². The number of rotatable bonds is 7. The van der Waals surface area contributed by atoms with Crippen LogP contribution in [0.25, 0.3) is 0 Å². The lowest BCUT2D eigenvalue weighted by Crippen LogP contribution is -2.39. The molecule has 2 nitrogen and oxygen atoms in total. The fourth-order valence-electron chi connectivity index (χ4n) is 5.00. The third-order valence-corrected chi connectivity index (χ3v) is 5.99. The van der Waals surface area contributed by atoms with E-state index in [2.05, 4.69) is 12.2 Å². The Labute approximate surface area is 118 Å². The van der Waals surface area contributed by atoms with Crippen molar-refractivity contribution in [3.05, 3.63) is 0 Å². The molecule has 0 amide bonds. The summed E-state index contributed by atoms with van der Waals surface area (Å²) in [6.45, 7) is 5.75. The summed E-state index contributed by atoms with van der Waals surface area (Å²) in [5.74, 6) is 2.07. The van der Waals surface area contributed by atoms with Crippen LogP contribution in [0.15, 0.2) is 0 Å². The van der Waals surface area contributed by atoms with Gasteiger partial charge in [0.05, 0.1) is 6.10 Å². The van der Waals surface area contributed by atoms with E-state index in [1.807, 2.05) is 0 Å². The first-order valence-electron chi connectivity index (χ1n) is 8.65. The number of ether oxygens (including phenoxy) is 1. The Balaban J connectivity index is 1.56. The van der Waals surface area contributed by atoms with Gasteiger partial charge in [0.1, 0.15) is 0 Å². The second-order valence-corrected chi connectivity index (χ2v) is 7.29. The van der Waals surface area contributed by atoms with E-state index in [1.54, 1.807) is 0 Å². The third-order valence-electron chi connectivity index (χ3n) is 5.99. The zero-order valence-electron chi connectivity index (χ0n) is 12.6. The number of fused-ring (bicyclic) bond motifs is 2. The van der Waals surface area contributed by atoms with Crippen LogP contribution < -0.4 is 5.32 Å². The van der Waals surface area contributed by atoms with Crippen LogP contribution in [0.4, 0.5) is 0 Å². The Kier molecular flexibility index (Phi) is 4.48. The SMILES string of the molecule is CCCNCC1(CCC2CCCO2)CC2CCC1C2. The van der Waals surface area contributed by atoms with E-state index in [1.165, 1.54) is 70.9 Å². The summed E-state index contributed by atoms with van der Waals surface area (Å²) in [6, 6.07) is 0. The number of hydrogen-bond donors (Lipinski definition) is 1. The molecule has 0 aromatic rings. The molecule has 1 N–H and O–H groups in total. The minimum absolute atomic E-state index is 0.585. The molecule has 2 aliphatic carbocycles. The van der Waals surface area contributed by atoms with Crippen LogP contribution in [0.5, 0.6) is 0 Å². The van der Waals surface area contributed by atoms with Gasteiger partial charge < -0.3 is 10.1 Å². The van der Waals surface area contributed by atoms with Gasteiger partial charge in [-0.05, 0) is 75.2 Å². The zero-order valence-corrected chi connectivity index (χ0v) is 12.6. The molecule has 3 fully saturated rings. The van der Waals surface area contributed by atoms with Gasteiger partial charge in [0.2, 0.25) is 0 Å². The lowest BCUT2D eigenvalue weighted by molar-refractivity contribution is 0.0695. The zero-order chi connectivity index (χ0) is 13.1. The van der Waals surface area contributed by atoms with E-state index < -0.39 is 0 Å². The Morgan fingerprint density at radius 1 is 1.26 bits per heavy atom. The predicted octanol–water partition coefficient (Wildman–Crippen LogP) is 3.75. The highest BCUT2D eigenvalue weighted by Gasteiger charge is 2.50. The standard InChI is InChI=1S/C17H31NO/c1-2-9-18-13-17(8-7-16-4-3-10-19-16)12-14-5-6-15(17)11-14/h14-16,18H,2-13H2,1H3. The second kappa shape index (κ2) is 6.13. The molecule has 110 valence electrons. The van der Waals surface area contributed by atoms with Crippen LogP contribution in [0.2, 0.25) is 0 Å². The largest absolute Gasteiger partial charge is 0.378 e. The van der Waals surface area contributed by atoms with E-state index in [4.69, 9.17) is 4.74 Å². The minimum atomic E-state index is 0.585. The quantitative estimate of drug-likeness (QED) is 0.708. The Morgan fingerprint density at radius 3 is 2.84 bits per heavy atom. The van der Waals surface area contributed by atoms with E-state index in [9.17, 15) is 0 Å². The summed E-state index contributed by atoms with van der Waals surface area (Å²) in [6.07, 6.45) is 13.2. The first kappa shape index (κ1) is 13.9. The van der Waals surface area contributed by atoms with Gasteiger partial charge in [-0.2, -0.15) is 0 Å². The molecule has 2 saturated carbocycles. The van der Waals surface area contributed by atoms with Crippen molar-refractivity contribution in [2.75, 3.05) is 19.7 Å². The molecule has 0 aromatic heterocycles. The first-order chi connectivity index (χ1) is 9.32. The number of hydrogen-bond acceptors (Lipinski definition) is 2. The van der Waals surface area contributed by atoms with Gasteiger partial charge in [-0.25, -0.2) is 0 Å². The molecule has 2 heteroatoms. The van der Waals surface area contributed by atoms with Crippen molar-refractivity contribution >= 4 is 0 Å². The second-order valence-electron chi connectivity index (χ2n) is 7.29. The molecule has 0 spiro atoms. The molecule has 0 aromatic carbocycles. The molecule has 2 bridgehead atoms. The maximum absolute atomic E-state index is 5.84. The van der Waals surface area contributed by atoms with Crippen molar-refractivity contribution in [1.82, 2.24) is 5.32 Å². The molecule has 0 radical (unpaired) electrons.